The van der Waals surface area contributed by atoms with E-state index < -0.39 is 0 Å². The maximum atomic E-state index is 5.83. The molecule has 0 radical (unpaired) electrons. The van der Waals surface area contributed by atoms with Crippen LogP contribution in [0.5, 0.6) is 5.88 Å². The molecule has 0 saturated carbocycles. The molecule has 0 spiro atoms. The van der Waals surface area contributed by atoms with E-state index >= 15 is 0 Å². The second-order valence-electron chi connectivity index (χ2n) is 5.63. The Balaban J connectivity index is 3.02. The van der Waals surface area contributed by atoms with Gasteiger partial charge in [-0.05, 0) is 36.0 Å². The van der Waals surface area contributed by atoms with Crippen LogP contribution < -0.4 is 4.74 Å². The summed E-state index contributed by atoms with van der Waals surface area (Å²) >= 11 is 0. The Morgan fingerprint density at radius 2 is 2.06 bits per heavy atom. The maximum absolute atomic E-state index is 5.83. The summed E-state index contributed by atoms with van der Waals surface area (Å²) in [5, 5.41) is 0. The zero-order chi connectivity index (χ0) is 13.1. The van der Waals surface area contributed by atoms with Crippen molar-refractivity contribution in [2.45, 2.75) is 41.0 Å². The van der Waals surface area contributed by atoms with Crippen LogP contribution in [-0.2, 0) is 6.42 Å². The van der Waals surface area contributed by atoms with E-state index in [9.17, 15) is 0 Å². The Morgan fingerprint density at radius 1 is 1.41 bits per heavy atom. The van der Waals surface area contributed by atoms with Gasteiger partial charge >= 0.3 is 0 Å². The molecule has 0 aliphatic rings. The number of hydrogen-bond donors (Lipinski definition) is 0. The Hall–Kier alpha value is -1.31. The number of rotatable bonds is 4. The van der Waals surface area contributed by atoms with Crippen LogP contribution in [0.25, 0.3) is 5.57 Å². The highest BCUT2D eigenvalue weighted by atomic mass is 16.5. The van der Waals surface area contributed by atoms with Gasteiger partial charge in [-0.25, -0.2) is 4.98 Å². The van der Waals surface area contributed by atoms with Crippen LogP contribution in [0.2, 0.25) is 0 Å². The molecule has 1 aromatic heterocycles. The van der Waals surface area contributed by atoms with E-state index in [1.54, 1.807) is 0 Å². The van der Waals surface area contributed by atoms with Crippen molar-refractivity contribution in [2.75, 3.05) is 6.61 Å². The minimum absolute atomic E-state index is 0.135. The van der Waals surface area contributed by atoms with Gasteiger partial charge in [-0.15, -0.1) is 0 Å². The fraction of sp³-hybridized carbons (Fsp3) is 0.533. The summed E-state index contributed by atoms with van der Waals surface area (Å²) < 4.78 is 5.83. The van der Waals surface area contributed by atoms with E-state index in [2.05, 4.69) is 39.3 Å². The molecule has 0 bridgehead atoms. The average Bonchev–Trinajstić information content (AvgIpc) is 2.24. The summed E-state index contributed by atoms with van der Waals surface area (Å²) in [4.78, 5) is 4.33. The molecular formula is C15H23NO. The molecule has 0 N–H and O–H groups in total. The average molecular weight is 233 g/mol. The number of hydrogen-bond acceptors (Lipinski definition) is 2. The van der Waals surface area contributed by atoms with Crippen LogP contribution in [0, 0.1) is 5.41 Å². The SMILES string of the molecule is C=C(C)c1c(CC)ccnc1OCC(C)(C)C. The highest BCUT2D eigenvalue weighted by molar-refractivity contribution is 5.68. The van der Waals surface area contributed by atoms with Crippen LogP contribution in [0.15, 0.2) is 18.8 Å². The van der Waals surface area contributed by atoms with Gasteiger partial charge in [0.25, 0.3) is 0 Å². The summed E-state index contributed by atoms with van der Waals surface area (Å²) in [6.45, 7) is 15.3. The highest BCUT2D eigenvalue weighted by Gasteiger charge is 2.15. The Kier molecular flexibility index (Phi) is 4.33. The molecule has 0 aromatic carbocycles. The lowest BCUT2D eigenvalue weighted by Crippen LogP contribution is -2.18. The van der Waals surface area contributed by atoms with Crippen LogP contribution in [0.3, 0.4) is 0 Å². The second-order valence-corrected chi connectivity index (χ2v) is 5.63. The van der Waals surface area contributed by atoms with E-state index in [1.165, 1.54) is 5.56 Å². The normalized spacial score (nSPS) is 11.4. The fourth-order valence-corrected chi connectivity index (χ4v) is 1.63. The molecule has 0 amide bonds. The molecule has 1 rings (SSSR count). The fourth-order valence-electron chi connectivity index (χ4n) is 1.63. The number of ether oxygens (including phenoxy) is 1. The molecule has 0 fully saturated rings. The van der Waals surface area contributed by atoms with E-state index in [1.807, 2.05) is 19.2 Å². The topological polar surface area (TPSA) is 22.1 Å². The molecule has 2 nitrogen and oxygen atoms in total. The van der Waals surface area contributed by atoms with Crippen LogP contribution in [0.1, 0.15) is 45.7 Å². The largest absolute Gasteiger partial charge is 0.477 e. The van der Waals surface area contributed by atoms with Crippen LogP contribution in [0.4, 0.5) is 0 Å². The van der Waals surface area contributed by atoms with Crippen molar-refractivity contribution in [2.24, 2.45) is 5.41 Å². The van der Waals surface area contributed by atoms with Gasteiger partial charge in [-0.2, -0.15) is 0 Å². The lowest BCUT2D eigenvalue weighted by Gasteiger charge is -2.20. The van der Waals surface area contributed by atoms with Crippen molar-refractivity contribution < 1.29 is 4.74 Å². The lowest BCUT2D eigenvalue weighted by molar-refractivity contribution is 0.191. The van der Waals surface area contributed by atoms with Gasteiger partial charge in [0.1, 0.15) is 0 Å². The van der Waals surface area contributed by atoms with E-state index in [0.29, 0.717) is 12.5 Å². The standard InChI is InChI=1S/C15H23NO/c1-7-12-8-9-16-14(13(12)11(2)3)17-10-15(4,5)6/h8-9H,2,7,10H2,1,3-6H3. The Bertz CT molecular complexity index is 402. The molecule has 0 atom stereocenters. The van der Waals surface area contributed by atoms with E-state index in [-0.39, 0.29) is 5.41 Å². The number of allylic oxidation sites excluding steroid dienone is 1. The Labute approximate surface area is 105 Å². The smallest absolute Gasteiger partial charge is 0.221 e. The molecule has 0 saturated heterocycles. The first-order chi connectivity index (χ1) is 7.85. The number of aryl methyl sites for hydroxylation is 1. The molecule has 0 aliphatic heterocycles. The first kappa shape index (κ1) is 13.8. The quantitative estimate of drug-likeness (QED) is 0.781. The van der Waals surface area contributed by atoms with E-state index in [0.717, 1.165) is 17.6 Å². The summed E-state index contributed by atoms with van der Waals surface area (Å²) in [7, 11) is 0. The second kappa shape index (κ2) is 5.35. The summed E-state index contributed by atoms with van der Waals surface area (Å²) in [6, 6.07) is 2.04. The zero-order valence-corrected chi connectivity index (χ0v) is 11.6. The van der Waals surface area contributed by atoms with Gasteiger partial charge in [0, 0.05) is 11.8 Å². The number of aromatic nitrogens is 1. The van der Waals surface area contributed by atoms with Crippen molar-refractivity contribution in [3.8, 4) is 5.88 Å². The van der Waals surface area contributed by atoms with Crippen molar-refractivity contribution in [1.29, 1.82) is 0 Å². The molecule has 1 aromatic rings. The van der Waals surface area contributed by atoms with Gasteiger partial charge in [0.2, 0.25) is 5.88 Å². The maximum Gasteiger partial charge on any atom is 0.221 e. The van der Waals surface area contributed by atoms with Gasteiger partial charge in [0.05, 0.1) is 6.61 Å². The van der Waals surface area contributed by atoms with Crippen LogP contribution >= 0.6 is 0 Å². The van der Waals surface area contributed by atoms with Crippen molar-refractivity contribution in [3.05, 3.63) is 30.0 Å². The third-order valence-corrected chi connectivity index (χ3v) is 2.45. The third-order valence-electron chi connectivity index (χ3n) is 2.45. The molecule has 0 aliphatic carbocycles. The zero-order valence-electron chi connectivity index (χ0n) is 11.6. The molecule has 2 heteroatoms. The van der Waals surface area contributed by atoms with Gasteiger partial charge in [-0.1, -0.05) is 34.3 Å². The summed E-state index contributed by atoms with van der Waals surface area (Å²) in [6.07, 6.45) is 2.78. The van der Waals surface area contributed by atoms with Gasteiger partial charge < -0.3 is 4.74 Å². The minimum atomic E-state index is 0.135. The third kappa shape index (κ3) is 3.88. The number of pyridine rings is 1. The van der Waals surface area contributed by atoms with Crippen LogP contribution in [-0.4, -0.2) is 11.6 Å². The highest BCUT2D eigenvalue weighted by Crippen LogP contribution is 2.28. The van der Waals surface area contributed by atoms with Crippen molar-refractivity contribution in [1.82, 2.24) is 4.98 Å². The first-order valence-corrected chi connectivity index (χ1v) is 6.11. The van der Waals surface area contributed by atoms with Gasteiger partial charge in [-0.3, -0.25) is 0 Å². The first-order valence-electron chi connectivity index (χ1n) is 6.11. The molecule has 94 valence electrons. The van der Waals surface area contributed by atoms with Crippen molar-refractivity contribution in [3.63, 3.8) is 0 Å². The Morgan fingerprint density at radius 3 is 2.53 bits per heavy atom. The van der Waals surface area contributed by atoms with Crippen molar-refractivity contribution >= 4 is 5.57 Å². The van der Waals surface area contributed by atoms with E-state index in [4.69, 9.17) is 4.74 Å². The lowest BCUT2D eigenvalue weighted by atomic mass is 9.98. The predicted molar refractivity (Wildman–Crippen MR) is 73.3 cm³/mol. The molecule has 1 heterocycles. The number of nitrogens with zero attached hydrogens (tertiary/aromatic N) is 1. The minimum Gasteiger partial charge on any atom is -0.477 e. The molecular weight excluding hydrogens is 210 g/mol. The summed E-state index contributed by atoms with van der Waals surface area (Å²) in [5.41, 5.74) is 3.46. The molecule has 0 unspecified atom stereocenters. The van der Waals surface area contributed by atoms with Gasteiger partial charge in [0.15, 0.2) is 0 Å². The predicted octanol–water partition coefficient (Wildman–Crippen LogP) is 4.10. The monoisotopic (exact) mass is 233 g/mol. The summed E-state index contributed by atoms with van der Waals surface area (Å²) in [5.74, 6) is 0.715. The molecule has 17 heavy (non-hydrogen) atoms.